The maximum Gasteiger partial charge on any atom is 0.349 e. The Labute approximate surface area is 179 Å². The summed E-state index contributed by atoms with van der Waals surface area (Å²) in [6.45, 7) is 3.54. The zero-order valence-corrected chi connectivity index (χ0v) is 17.3. The lowest BCUT2D eigenvalue weighted by molar-refractivity contribution is 0.0944. The Bertz CT molecular complexity index is 1060. The van der Waals surface area contributed by atoms with E-state index < -0.39 is 11.5 Å². The van der Waals surface area contributed by atoms with Crippen molar-refractivity contribution in [3.63, 3.8) is 0 Å². The van der Waals surface area contributed by atoms with E-state index in [-0.39, 0.29) is 30.4 Å². The summed E-state index contributed by atoms with van der Waals surface area (Å²) in [5.41, 5.74) is 0.768. The van der Waals surface area contributed by atoms with Gasteiger partial charge in [0.2, 0.25) is 0 Å². The highest BCUT2D eigenvalue weighted by Crippen LogP contribution is 2.23. The van der Waals surface area contributed by atoms with E-state index >= 15 is 0 Å². The number of aryl methyl sites for hydroxylation is 1. The monoisotopic (exact) mass is 430 g/mol. The third kappa shape index (κ3) is 4.77. The molecule has 1 fully saturated rings. The molecule has 1 unspecified atom stereocenters. The van der Waals surface area contributed by atoms with Crippen molar-refractivity contribution in [2.75, 3.05) is 13.1 Å². The molecule has 1 aliphatic rings. The Morgan fingerprint density at radius 3 is 2.80 bits per heavy atom. The minimum absolute atomic E-state index is 0. The molecule has 1 aromatic carbocycles. The predicted molar refractivity (Wildman–Crippen MR) is 113 cm³/mol. The molecule has 4 rings (SSSR count). The van der Waals surface area contributed by atoms with E-state index in [0.717, 1.165) is 31.5 Å². The lowest BCUT2D eigenvalue weighted by atomic mass is 9.95. The molecule has 1 aliphatic heterocycles. The molecular formula is C21H23ClN4O4. The van der Waals surface area contributed by atoms with Crippen molar-refractivity contribution in [3.8, 4) is 11.5 Å². The number of nitrogens with one attached hydrogen (secondary N) is 2. The number of hydrogen-bond donors (Lipinski definition) is 2. The standard InChI is InChI=1S/C21H22N4O4.ClH/c1-13-10-16(15-8-5-9-22-11-15)28-21(27)18(13)19(26)23-12-17-24-20(29-25-17)14-6-3-2-4-7-14;/h2-4,6-7,10,15,22H,5,8-9,11-12H2,1H3,(H,23,26);1H. The highest BCUT2D eigenvalue weighted by atomic mass is 35.5. The van der Waals surface area contributed by atoms with Crippen LogP contribution in [0.1, 0.15) is 46.3 Å². The fourth-order valence-electron chi connectivity index (χ4n) is 3.47. The molecule has 0 saturated carbocycles. The summed E-state index contributed by atoms with van der Waals surface area (Å²) in [6.07, 6.45) is 1.99. The number of nitrogens with zero attached hydrogens (tertiary/aromatic N) is 2. The van der Waals surface area contributed by atoms with E-state index in [0.29, 0.717) is 23.0 Å². The first-order valence-electron chi connectivity index (χ1n) is 9.63. The molecule has 8 nitrogen and oxygen atoms in total. The summed E-state index contributed by atoms with van der Waals surface area (Å²) in [6, 6.07) is 11.1. The molecule has 0 bridgehead atoms. The summed E-state index contributed by atoms with van der Waals surface area (Å²) in [5.74, 6) is 0.959. The van der Waals surface area contributed by atoms with Gasteiger partial charge in [-0.1, -0.05) is 23.4 Å². The maximum absolute atomic E-state index is 12.6. The molecule has 30 heavy (non-hydrogen) atoms. The minimum atomic E-state index is -0.624. The second-order valence-corrected chi connectivity index (χ2v) is 7.10. The number of carbonyl (C=O) groups is 1. The Balaban J connectivity index is 0.00000256. The molecule has 2 aromatic heterocycles. The normalized spacial score (nSPS) is 16.0. The van der Waals surface area contributed by atoms with Gasteiger partial charge in [-0.3, -0.25) is 4.79 Å². The van der Waals surface area contributed by atoms with Gasteiger partial charge in [0.1, 0.15) is 11.3 Å². The third-order valence-electron chi connectivity index (χ3n) is 4.99. The van der Waals surface area contributed by atoms with E-state index in [1.54, 1.807) is 13.0 Å². The molecular weight excluding hydrogens is 408 g/mol. The average molecular weight is 431 g/mol. The number of aromatic nitrogens is 2. The number of amides is 1. The second kappa shape index (κ2) is 9.69. The van der Waals surface area contributed by atoms with Crippen molar-refractivity contribution >= 4 is 18.3 Å². The lowest BCUT2D eigenvalue weighted by Gasteiger charge is -2.22. The Hall–Kier alpha value is -2.97. The van der Waals surface area contributed by atoms with E-state index in [1.807, 2.05) is 30.3 Å². The zero-order chi connectivity index (χ0) is 20.2. The summed E-state index contributed by atoms with van der Waals surface area (Å²) in [5, 5.41) is 9.83. The van der Waals surface area contributed by atoms with Gasteiger partial charge in [0.15, 0.2) is 5.82 Å². The number of benzene rings is 1. The van der Waals surface area contributed by atoms with Gasteiger partial charge in [0, 0.05) is 18.0 Å². The van der Waals surface area contributed by atoms with Crippen LogP contribution in [0.25, 0.3) is 11.5 Å². The summed E-state index contributed by atoms with van der Waals surface area (Å²) in [4.78, 5) is 29.3. The van der Waals surface area contributed by atoms with Crippen LogP contribution in [0.3, 0.4) is 0 Å². The first kappa shape index (κ1) is 21.7. The summed E-state index contributed by atoms with van der Waals surface area (Å²) < 4.78 is 10.7. The van der Waals surface area contributed by atoms with Gasteiger partial charge in [-0.25, -0.2) is 4.79 Å². The molecule has 0 radical (unpaired) electrons. The molecule has 1 saturated heterocycles. The van der Waals surface area contributed by atoms with Gasteiger partial charge < -0.3 is 19.6 Å². The average Bonchev–Trinajstić information content (AvgIpc) is 3.22. The van der Waals surface area contributed by atoms with E-state index in [9.17, 15) is 9.59 Å². The molecule has 0 spiro atoms. The van der Waals surface area contributed by atoms with Crippen LogP contribution in [-0.2, 0) is 6.54 Å². The largest absolute Gasteiger partial charge is 0.427 e. The number of hydrogen-bond acceptors (Lipinski definition) is 7. The van der Waals surface area contributed by atoms with Crippen LogP contribution in [0.5, 0.6) is 0 Å². The van der Waals surface area contributed by atoms with Crippen molar-refractivity contribution in [3.05, 3.63) is 69.5 Å². The van der Waals surface area contributed by atoms with Gasteiger partial charge in [0.05, 0.1) is 6.54 Å². The Morgan fingerprint density at radius 1 is 1.30 bits per heavy atom. The topological polar surface area (TPSA) is 110 Å². The first-order chi connectivity index (χ1) is 14.1. The molecule has 3 heterocycles. The van der Waals surface area contributed by atoms with Crippen molar-refractivity contribution in [1.29, 1.82) is 0 Å². The smallest absolute Gasteiger partial charge is 0.349 e. The van der Waals surface area contributed by atoms with Crippen LogP contribution in [-0.4, -0.2) is 29.1 Å². The van der Waals surface area contributed by atoms with Crippen LogP contribution in [0.15, 0.2) is 50.1 Å². The van der Waals surface area contributed by atoms with E-state index in [1.165, 1.54) is 0 Å². The molecule has 9 heteroatoms. The molecule has 1 atom stereocenters. The van der Waals surface area contributed by atoms with Crippen LogP contribution < -0.4 is 16.3 Å². The molecule has 3 aromatic rings. The number of carbonyl (C=O) groups excluding carboxylic acids is 1. The maximum atomic E-state index is 12.6. The van der Waals surface area contributed by atoms with Crippen LogP contribution in [0.4, 0.5) is 0 Å². The summed E-state index contributed by atoms with van der Waals surface area (Å²) >= 11 is 0. The highest BCUT2D eigenvalue weighted by Gasteiger charge is 2.22. The molecule has 2 N–H and O–H groups in total. The molecule has 0 aliphatic carbocycles. The molecule has 1 amide bonds. The van der Waals surface area contributed by atoms with Crippen LogP contribution in [0, 0.1) is 6.92 Å². The highest BCUT2D eigenvalue weighted by molar-refractivity contribution is 5.95. The van der Waals surface area contributed by atoms with Crippen molar-refractivity contribution in [1.82, 2.24) is 20.8 Å². The van der Waals surface area contributed by atoms with Gasteiger partial charge in [-0.15, -0.1) is 12.4 Å². The predicted octanol–water partition coefficient (Wildman–Crippen LogP) is 2.82. The summed E-state index contributed by atoms with van der Waals surface area (Å²) in [7, 11) is 0. The minimum Gasteiger partial charge on any atom is -0.427 e. The van der Waals surface area contributed by atoms with Crippen LogP contribution in [0.2, 0.25) is 0 Å². The van der Waals surface area contributed by atoms with Crippen molar-refractivity contribution in [2.45, 2.75) is 32.2 Å². The zero-order valence-electron chi connectivity index (χ0n) is 16.5. The van der Waals surface area contributed by atoms with Gasteiger partial charge in [0.25, 0.3) is 11.8 Å². The first-order valence-corrected chi connectivity index (χ1v) is 9.63. The number of piperidine rings is 1. The molecule has 158 valence electrons. The number of halogens is 1. The van der Waals surface area contributed by atoms with Gasteiger partial charge in [-0.05, 0) is 50.1 Å². The SMILES string of the molecule is Cc1cc(C2CCCNC2)oc(=O)c1C(=O)NCc1noc(-c2ccccc2)n1.Cl. The lowest BCUT2D eigenvalue weighted by Crippen LogP contribution is -2.31. The van der Waals surface area contributed by atoms with E-state index in [2.05, 4.69) is 20.8 Å². The fourth-order valence-corrected chi connectivity index (χ4v) is 3.47. The van der Waals surface area contributed by atoms with E-state index in [4.69, 9.17) is 8.94 Å². The number of rotatable bonds is 5. The van der Waals surface area contributed by atoms with Gasteiger partial charge >= 0.3 is 5.63 Å². The van der Waals surface area contributed by atoms with Crippen molar-refractivity contribution in [2.24, 2.45) is 0 Å². The Kier molecular flexibility index (Phi) is 7.02. The quantitative estimate of drug-likeness (QED) is 0.640. The fraction of sp³-hybridized carbons (Fsp3) is 0.333. The second-order valence-electron chi connectivity index (χ2n) is 7.10. The van der Waals surface area contributed by atoms with Gasteiger partial charge in [-0.2, -0.15) is 4.98 Å². The Morgan fingerprint density at radius 2 is 2.10 bits per heavy atom. The van der Waals surface area contributed by atoms with Crippen LogP contribution >= 0.6 is 12.4 Å². The van der Waals surface area contributed by atoms with Crippen molar-refractivity contribution < 1.29 is 13.7 Å². The third-order valence-corrected chi connectivity index (χ3v) is 4.99.